The van der Waals surface area contributed by atoms with Crippen molar-refractivity contribution in [3.8, 4) is 17.2 Å². The summed E-state index contributed by atoms with van der Waals surface area (Å²) in [6, 6.07) is 20.2. The van der Waals surface area contributed by atoms with Crippen LogP contribution in [0.2, 0.25) is 0 Å². The Morgan fingerprint density at radius 2 is 1.67 bits per heavy atom. The maximum atomic E-state index is 12.8. The third-order valence-electron chi connectivity index (χ3n) is 5.90. The molecule has 0 radical (unpaired) electrons. The van der Waals surface area contributed by atoms with Crippen LogP contribution >= 0.6 is 0 Å². The lowest BCUT2D eigenvalue weighted by atomic mass is 10.0. The zero-order valence-electron chi connectivity index (χ0n) is 23.2. The van der Waals surface area contributed by atoms with Crippen molar-refractivity contribution in [1.82, 2.24) is 10.7 Å². The van der Waals surface area contributed by atoms with E-state index in [1.165, 1.54) is 11.8 Å². The van der Waals surface area contributed by atoms with Gasteiger partial charge in [-0.3, -0.25) is 9.59 Å². The van der Waals surface area contributed by atoms with Crippen molar-refractivity contribution < 1.29 is 23.8 Å². The van der Waals surface area contributed by atoms with Crippen LogP contribution in [-0.2, 0) is 16.2 Å². The highest BCUT2D eigenvalue weighted by atomic mass is 16.5. The Hall–Kier alpha value is -4.33. The number of aryl methyl sites for hydroxylation is 2. The van der Waals surface area contributed by atoms with E-state index in [-0.39, 0.29) is 18.4 Å². The van der Waals surface area contributed by atoms with Crippen molar-refractivity contribution in [2.45, 2.75) is 46.8 Å². The van der Waals surface area contributed by atoms with Crippen LogP contribution in [0.1, 0.15) is 42.5 Å². The van der Waals surface area contributed by atoms with Gasteiger partial charge < -0.3 is 19.5 Å². The molecule has 0 unspecified atom stereocenters. The molecule has 3 rings (SSSR count). The van der Waals surface area contributed by atoms with Crippen molar-refractivity contribution in [2.75, 3.05) is 13.7 Å². The van der Waals surface area contributed by atoms with E-state index in [1.807, 2.05) is 76.2 Å². The summed E-state index contributed by atoms with van der Waals surface area (Å²) < 4.78 is 17.0. The fourth-order valence-electron chi connectivity index (χ4n) is 3.78. The predicted octanol–water partition coefficient (Wildman–Crippen LogP) is 4.95. The molecule has 8 nitrogen and oxygen atoms in total. The molecule has 0 aliphatic heterocycles. The van der Waals surface area contributed by atoms with E-state index in [4.69, 9.17) is 14.2 Å². The van der Waals surface area contributed by atoms with Gasteiger partial charge in [0.25, 0.3) is 11.8 Å². The minimum atomic E-state index is -0.748. The molecule has 3 aromatic rings. The van der Waals surface area contributed by atoms with E-state index in [0.29, 0.717) is 35.8 Å². The molecule has 2 amide bonds. The molecule has 0 fully saturated rings. The van der Waals surface area contributed by atoms with Gasteiger partial charge in [-0.25, -0.2) is 5.43 Å². The Morgan fingerprint density at radius 3 is 2.36 bits per heavy atom. The van der Waals surface area contributed by atoms with Crippen LogP contribution in [0, 0.1) is 19.8 Å². The van der Waals surface area contributed by atoms with Crippen molar-refractivity contribution >= 4 is 18.0 Å². The minimum absolute atomic E-state index is 0.180. The normalized spacial score (nSPS) is 11.7. The Bertz CT molecular complexity index is 1270. The van der Waals surface area contributed by atoms with Gasteiger partial charge in [-0.15, -0.1) is 0 Å². The molecule has 0 aliphatic rings. The molecule has 39 heavy (non-hydrogen) atoms. The van der Waals surface area contributed by atoms with Crippen LogP contribution in [0.25, 0.3) is 0 Å². The van der Waals surface area contributed by atoms with E-state index >= 15 is 0 Å². The smallest absolute Gasteiger partial charge is 0.262 e. The Morgan fingerprint density at radius 1 is 0.923 bits per heavy atom. The number of methoxy groups -OCH3 is 1. The molecule has 3 aromatic carbocycles. The Kier molecular flexibility index (Phi) is 10.9. The number of ether oxygens (including phenoxy) is 3. The number of rotatable bonds is 13. The highest BCUT2D eigenvalue weighted by Crippen LogP contribution is 2.28. The van der Waals surface area contributed by atoms with Gasteiger partial charge >= 0.3 is 0 Å². The van der Waals surface area contributed by atoms with Crippen LogP contribution < -0.4 is 25.0 Å². The lowest BCUT2D eigenvalue weighted by Crippen LogP contribution is -2.47. The first-order valence-corrected chi connectivity index (χ1v) is 12.9. The van der Waals surface area contributed by atoms with E-state index in [1.54, 1.807) is 25.3 Å². The van der Waals surface area contributed by atoms with E-state index < -0.39 is 11.9 Å². The zero-order chi connectivity index (χ0) is 28.2. The second kappa shape index (κ2) is 14.6. The Balaban J connectivity index is 1.56. The van der Waals surface area contributed by atoms with E-state index in [2.05, 4.69) is 15.8 Å². The average molecular weight is 532 g/mol. The van der Waals surface area contributed by atoms with Crippen LogP contribution in [0.5, 0.6) is 17.2 Å². The van der Waals surface area contributed by atoms with Gasteiger partial charge in [0.1, 0.15) is 18.4 Å². The summed E-state index contributed by atoms with van der Waals surface area (Å²) in [4.78, 5) is 25.3. The first-order valence-electron chi connectivity index (χ1n) is 12.9. The molecule has 206 valence electrons. The summed E-state index contributed by atoms with van der Waals surface area (Å²) in [5.41, 5.74) is 6.42. The molecular formula is C31H37N3O5. The molecule has 0 bridgehead atoms. The molecule has 2 N–H and O–H groups in total. The van der Waals surface area contributed by atoms with E-state index in [9.17, 15) is 9.59 Å². The zero-order valence-corrected chi connectivity index (χ0v) is 23.2. The molecule has 0 saturated heterocycles. The summed E-state index contributed by atoms with van der Waals surface area (Å²) in [6.07, 6.45) is 1.97. The number of para-hydroxylation sites is 1. The van der Waals surface area contributed by atoms with Gasteiger partial charge in [0, 0.05) is 0 Å². The SMILES string of the molecule is COc1cc(/C=N\NC(=O)[C@@H](CC(C)C)NC(=O)COc2ccccc2C)ccc1OCc1ccc(C)cc1. The number of amides is 2. The van der Waals surface area contributed by atoms with Crippen LogP contribution in [0.15, 0.2) is 71.8 Å². The number of nitrogens with zero attached hydrogens (tertiary/aromatic N) is 1. The highest BCUT2D eigenvalue weighted by molar-refractivity contribution is 5.89. The Labute approximate surface area is 230 Å². The van der Waals surface area contributed by atoms with Gasteiger partial charge in [-0.2, -0.15) is 5.10 Å². The maximum absolute atomic E-state index is 12.8. The summed E-state index contributed by atoms with van der Waals surface area (Å²) >= 11 is 0. The second-order valence-electron chi connectivity index (χ2n) is 9.72. The maximum Gasteiger partial charge on any atom is 0.262 e. The molecule has 0 aliphatic carbocycles. The van der Waals surface area contributed by atoms with Crippen molar-refractivity contribution in [2.24, 2.45) is 11.0 Å². The number of hydrogen-bond acceptors (Lipinski definition) is 6. The third-order valence-corrected chi connectivity index (χ3v) is 5.90. The molecular weight excluding hydrogens is 494 g/mol. The average Bonchev–Trinajstić information content (AvgIpc) is 2.92. The molecule has 0 heterocycles. The first-order chi connectivity index (χ1) is 18.7. The quantitative estimate of drug-likeness (QED) is 0.240. The highest BCUT2D eigenvalue weighted by Gasteiger charge is 2.22. The monoisotopic (exact) mass is 531 g/mol. The topological polar surface area (TPSA) is 98.2 Å². The summed E-state index contributed by atoms with van der Waals surface area (Å²) in [6.45, 7) is 8.14. The fraction of sp³-hybridized carbons (Fsp3) is 0.323. The molecule has 0 saturated carbocycles. The van der Waals surface area contributed by atoms with Crippen molar-refractivity contribution in [1.29, 1.82) is 0 Å². The third kappa shape index (κ3) is 9.48. The summed E-state index contributed by atoms with van der Waals surface area (Å²) in [7, 11) is 1.57. The number of hydrazone groups is 1. The molecule has 0 spiro atoms. The number of carbonyl (C=O) groups excluding carboxylic acids is 2. The number of carbonyl (C=O) groups is 2. The molecule has 8 heteroatoms. The van der Waals surface area contributed by atoms with Gasteiger partial charge in [0.2, 0.25) is 0 Å². The first kappa shape index (κ1) is 29.2. The lowest BCUT2D eigenvalue weighted by molar-refractivity contribution is -0.130. The van der Waals surface area contributed by atoms with Gasteiger partial charge in [0.15, 0.2) is 18.1 Å². The summed E-state index contributed by atoms with van der Waals surface area (Å²) in [5.74, 6) is 1.18. The number of hydrogen-bond donors (Lipinski definition) is 2. The predicted molar refractivity (Wildman–Crippen MR) is 152 cm³/mol. The van der Waals surface area contributed by atoms with Crippen LogP contribution in [0.4, 0.5) is 0 Å². The van der Waals surface area contributed by atoms with E-state index in [0.717, 1.165) is 11.1 Å². The van der Waals surface area contributed by atoms with Crippen LogP contribution in [0.3, 0.4) is 0 Å². The minimum Gasteiger partial charge on any atom is -0.493 e. The molecule has 0 aromatic heterocycles. The van der Waals surface area contributed by atoms with Gasteiger partial charge in [-0.05, 0) is 67.1 Å². The lowest BCUT2D eigenvalue weighted by Gasteiger charge is -2.19. The van der Waals surface area contributed by atoms with Gasteiger partial charge in [0.05, 0.1) is 13.3 Å². The van der Waals surface area contributed by atoms with Crippen LogP contribution in [-0.4, -0.2) is 37.8 Å². The van der Waals surface area contributed by atoms with Gasteiger partial charge in [-0.1, -0.05) is 61.9 Å². The second-order valence-corrected chi connectivity index (χ2v) is 9.72. The molecule has 1 atom stereocenters. The standard InChI is InChI=1S/C31H37N3O5/c1-21(2)16-26(33-30(35)20-39-27-9-7-6-8-23(27)4)31(36)34-32-18-25-14-15-28(29(17-25)37-5)38-19-24-12-10-22(3)11-13-24/h6-15,17-18,21,26H,16,19-20H2,1-5H3,(H,33,35)(H,34,36)/b32-18-/t26-/m1/s1. The fourth-order valence-corrected chi connectivity index (χ4v) is 3.78. The number of benzene rings is 3. The number of nitrogens with one attached hydrogen (secondary N) is 2. The van der Waals surface area contributed by atoms with Crippen molar-refractivity contribution in [3.63, 3.8) is 0 Å². The summed E-state index contributed by atoms with van der Waals surface area (Å²) in [5, 5.41) is 6.84. The van der Waals surface area contributed by atoms with Crippen molar-refractivity contribution in [3.05, 3.63) is 89.0 Å². The largest absolute Gasteiger partial charge is 0.493 e.